The number of halogens is 1. The second-order valence-corrected chi connectivity index (χ2v) is 5.92. The van der Waals surface area contributed by atoms with Crippen LogP contribution in [0.15, 0.2) is 64.1 Å². The number of hydrogen-bond donors (Lipinski definition) is 2. The van der Waals surface area contributed by atoms with E-state index in [-0.39, 0.29) is 23.2 Å². The molecule has 6 nitrogen and oxygen atoms in total. The molecule has 1 atom stereocenters. The molecular weight excluding hydrogens is 342 g/mol. The molecule has 3 rings (SSSR count). The summed E-state index contributed by atoms with van der Waals surface area (Å²) in [6, 6.07) is 12.8. The molecule has 0 spiro atoms. The fraction of sp³-hybridized carbons (Fsp3) is 0.222. The lowest BCUT2D eigenvalue weighted by Crippen LogP contribution is -2.25. The molecule has 0 amide bonds. The molecule has 0 fully saturated rings. The highest BCUT2D eigenvalue weighted by molar-refractivity contribution is 6.32. The summed E-state index contributed by atoms with van der Waals surface area (Å²) >= 11 is 6.24. The van der Waals surface area contributed by atoms with Crippen LogP contribution in [0, 0.1) is 0 Å². The fourth-order valence-corrected chi connectivity index (χ4v) is 2.73. The molecule has 0 saturated carbocycles. The number of nitrogens with zero attached hydrogens (tertiary/aromatic N) is 2. The Kier molecular flexibility index (Phi) is 5.53. The normalized spacial score (nSPS) is 12.1. The molecule has 1 unspecified atom stereocenters. The molecule has 0 aliphatic rings. The number of rotatable bonds is 7. The molecule has 0 aliphatic heterocycles. The second-order valence-electron chi connectivity index (χ2n) is 5.55. The van der Waals surface area contributed by atoms with E-state index in [0.717, 1.165) is 5.56 Å². The van der Waals surface area contributed by atoms with Crippen molar-refractivity contribution in [2.24, 2.45) is 0 Å². The standard InChI is InChI=1S/C18H18ClN3O3/c19-17-15(21-14(8-9-23)16-7-4-10-25-16)11-20-22(18(17)24)12-13-5-2-1-3-6-13/h1-7,10-11,14,21,23H,8-9,12H2. The first-order valence-electron chi connectivity index (χ1n) is 7.89. The SMILES string of the molecule is O=c1c(Cl)c(NC(CCO)c2ccco2)cnn1Cc1ccccc1. The summed E-state index contributed by atoms with van der Waals surface area (Å²) in [6.07, 6.45) is 3.48. The van der Waals surface area contributed by atoms with Gasteiger partial charge in [-0.15, -0.1) is 0 Å². The number of aliphatic hydroxyl groups is 1. The van der Waals surface area contributed by atoms with Gasteiger partial charge in [-0.1, -0.05) is 41.9 Å². The monoisotopic (exact) mass is 359 g/mol. The van der Waals surface area contributed by atoms with Crippen LogP contribution >= 0.6 is 11.6 Å². The fourth-order valence-electron chi connectivity index (χ4n) is 2.53. The quantitative estimate of drug-likeness (QED) is 0.677. The van der Waals surface area contributed by atoms with Crippen molar-refractivity contribution >= 4 is 17.3 Å². The van der Waals surface area contributed by atoms with E-state index in [0.29, 0.717) is 24.4 Å². The molecule has 2 heterocycles. The zero-order valence-corrected chi connectivity index (χ0v) is 14.2. The Bertz CT molecular complexity index is 863. The van der Waals surface area contributed by atoms with Gasteiger partial charge in [0.05, 0.1) is 30.7 Å². The maximum atomic E-state index is 12.5. The van der Waals surface area contributed by atoms with E-state index < -0.39 is 0 Å². The van der Waals surface area contributed by atoms with Gasteiger partial charge in [0.15, 0.2) is 0 Å². The van der Waals surface area contributed by atoms with E-state index in [2.05, 4.69) is 10.4 Å². The third-order valence-electron chi connectivity index (χ3n) is 3.79. The second kappa shape index (κ2) is 8.00. The average Bonchev–Trinajstić information content (AvgIpc) is 3.16. The summed E-state index contributed by atoms with van der Waals surface area (Å²) in [5.74, 6) is 0.651. The van der Waals surface area contributed by atoms with Gasteiger partial charge in [-0.05, 0) is 24.1 Å². The Morgan fingerprint density at radius 1 is 1.24 bits per heavy atom. The predicted molar refractivity (Wildman–Crippen MR) is 95.8 cm³/mol. The van der Waals surface area contributed by atoms with Gasteiger partial charge in [-0.2, -0.15) is 5.10 Å². The molecule has 130 valence electrons. The van der Waals surface area contributed by atoms with Gasteiger partial charge in [0.2, 0.25) is 0 Å². The van der Waals surface area contributed by atoms with Crippen LogP contribution in [0.5, 0.6) is 0 Å². The lowest BCUT2D eigenvalue weighted by molar-refractivity contribution is 0.273. The summed E-state index contributed by atoms with van der Waals surface area (Å²) < 4.78 is 6.69. The number of aliphatic hydroxyl groups excluding tert-OH is 1. The molecule has 0 radical (unpaired) electrons. The number of aromatic nitrogens is 2. The first-order chi connectivity index (χ1) is 12.2. The summed E-state index contributed by atoms with van der Waals surface area (Å²) in [7, 11) is 0. The van der Waals surface area contributed by atoms with E-state index in [4.69, 9.17) is 16.0 Å². The molecular formula is C18H18ClN3O3. The number of anilines is 1. The topological polar surface area (TPSA) is 80.3 Å². The van der Waals surface area contributed by atoms with Gasteiger partial charge in [-0.25, -0.2) is 4.68 Å². The zero-order valence-electron chi connectivity index (χ0n) is 13.4. The Balaban J connectivity index is 1.83. The van der Waals surface area contributed by atoms with E-state index in [1.165, 1.54) is 10.9 Å². The van der Waals surface area contributed by atoms with Crippen LogP contribution in [0.4, 0.5) is 5.69 Å². The van der Waals surface area contributed by atoms with Crippen LogP contribution < -0.4 is 10.9 Å². The van der Waals surface area contributed by atoms with E-state index >= 15 is 0 Å². The van der Waals surface area contributed by atoms with Gasteiger partial charge in [0, 0.05) is 6.61 Å². The smallest absolute Gasteiger partial charge is 0.287 e. The van der Waals surface area contributed by atoms with Crippen molar-refractivity contribution in [1.29, 1.82) is 0 Å². The molecule has 3 aromatic rings. The molecule has 0 aliphatic carbocycles. The van der Waals surface area contributed by atoms with Crippen LogP contribution in [0.3, 0.4) is 0 Å². The highest BCUT2D eigenvalue weighted by atomic mass is 35.5. The van der Waals surface area contributed by atoms with Crippen LogP contribution in [0.2, 0.25) is 5.02 Å². The molecule has 2 N–H and O–H groups in total. The molecule has 2 aromatic heterocycles. The molecule has 1 aromatic carbocycles. The van der Waals surface area contributed by atoms with Crippen molar-refractivity contribution in [3.8, 4) is 0 Å². The van der Waals surface area contributed by atoms with Gasteiger partial charge < -0.3 is 14.8 Å². The third-order valence-corrected chi connectivity index (χ3v) is 4.16. The zero-order chi connectivity index (χ0) is 17.6. The van der Waals surface area contributed by atoms with Gasteiger partial charge in [-0.3, -0.25) is 4.79 Å². The molecule has 0 bridgehead atoms. The Labute approximate surface area is 149 Å². The summed E-state index contributed by atoms with van der Waals surface area (Å²) in [5.41, 5.74) is 0.992. The van der Waals surface area contributed by atoms with E-state index in [9.17, 15) is 9.90 Å². The van der Waals surface area contributed by atoms with Gasteiger partial charge >= 0.3 is 0 Å². The Morgan fingerprint density at radius 3 is 2.72 bits per heavy atom. The predicted octanol–water partition coefficient (Wildman–Crippen LogP) is 3.07. The maximum Gasteiger partial charge on any atom is 0.287 e. The largest absolute Gasteiger partial charge is 0.467 e. The summed E-state index contributed by atoms with van der Waals surface area (Å²) in [4.78, 5) is 12.5. The number of benzene rings is 1. The first kappa shape index (κ1) is 17.3. The van der Waals surface area contributed by atoms with Crippen molar-refractivity contribution in [2.45, 2.75) is 19.0 Å². The highest BCUT2D eigenvalue weighted by Gasteiger charge is 2.17. The lowest BCUT2D eigenvalue weighted by Gasteiger charge is -2.18. The molecule has 0 saturated heterocycles. The van der Waals surface area contributed by atoms with Gasteiger partial charge in [0.25, 0.3) is 5.56 Å². The van der Waals surface area contributed by atoms with Crippen molar-refractivity contribution in [3.63, 3.8) is 0 Å². The first-order valence-corrected chi connectivity index (χ1v) is 8.27. The van der Waals surface area contributed by atoms with Crippen LogP contribution in [-0.4, -0.2) is 21.5 Å². The molecule has 7 heteroatoms. The number of nitrogens with one attached hydrogen (secondary N) is 1. The minimum atomic E-state index is -0.377. The number of furan rings is 1. The maximum absolute atomic E-state index is 12.5. The molecule has 25 heavy (non-hydrogen) atoms. The highest BCUT2D eigenvalue weighted by Crippen LogP contribution is 2.25. The lowest BCUT2D eigenvalue weighted by atomic mass is 10.1. The van der Waals surface area contributed by atoms with E-state index in [1.807, 2.05) is 30.3 Å². The van der Waals surface area contributed by atoms with E-state index in [1.54, 1.807) is 18.4 Å². The van der Waals surface area contributed by atoms with Crippen LogP contribution in [0.25, 0.3) is 0 Å². The minimum absolute atomic E-state index is 0.0332. The van der Waals surface area contributed by atoms with Crippen molar-refractivity contribution in [2.75, 3.05) is 11.9 Å². The van der Waals surface area contributed by atoms with Crippen molar-refractivity contribution < 1.29 is 9.52 Å². The van der Waals surface area contributed by atoms with Crippen LogP contribution in [0.1, 0.15) is 23.8 Å². The minimum Gasteiger partial charge on any atom is -0.467 e. The summed E-state index contributed by atoms with van der Waals surface area (Å²) in [6.45, 7) is 0.312. The third kappa shape index (κ3) is 4.10. The summed E-state index contributed by atoms with van der Waals surface area (Å²) in [5, 5.41) is 16.6. The van der Waals surface area contributed by atoms with Crippen molar-refractivity contribution in [1.82, 2.24) is 9.78 Å². The Hall–Kier alpha value is -2.57. The van der Waals surface area contributed by atoms with Gasteiger partial charge in [0.1, 0.15) is 10.8 Å². The number of hydrogen-bond acceptors (Lipinski definition) is 5. The van der Waals surface area contributed by atoms with Crippen molar-refractivity contribution in [3.05, 3.63) is 81.6 Å². The Morgan fingerprint density at radius 2 is 2.04 bits per heavy atom. The van der Waals surface area contributed by atoms with Crippen LogP contribution in [-0.2, 0) is 6.54 Å². The average molecular weight is 360 g/mol.